The van der Waals surface area contributed by atoms with E-state index in [9.17, 15) is 4.79 Å². The lowest BCUT2D eigenvalue weighted by molar-refractivity contribution is 0.0688. The zero-order chi connectivity index (χ0) is 16.1. The minimum atomic E-state index is -0.968. The van der Waals surface area contributed by atoms with Gasteiger partial charge in [0.25, 0.3) is 0 Å². The Morgan fingerprint density at radius 2 is 2.14 bits per heavy atom. The molecule has 7 heteroatoms. The Morgan fingerprint density at radius 1 is 1.45 bits per heavy atom. The van der Waals surface area contributed by atoms with Gasteiger partial charge in [0.1, 0.15) is 6.10 Å². The predicted octanol–water partition coefficient (Wildman–Crippen LogP) is 2.46. The highest BCUT2D eigenvalue weighted by Crippen LogP contribution is 2.29. The van der Waals surface area contributed by atoms with Crippen LogP contribution < -0.4 is 10.1 Å². The second-order valence-electron chi connectivity index (χ2n) is 5.79. The third-order valence-electron chi connectivity index (χ3n) is 3.79. The maximum absolute atomic E-state index is 11.2. The Hall–Kier alpha value is -1.18. The predicted molar refractivity (Wildman–Crippen MR) is 85.0 cm³/mol. The quantitative estimate of drug-likeness (QED) is 0.800. The zero-order valence-electron chi connectivity index (χ0n) is 13.3. The molecular formula is C15H24N2O4S. The molecule has 0 aromatic carbocycles. The summed E-state index contributed by atoms with van der Waals surface area (Å²) < 4.78 is 11.0. The van der Waals surface area contributed by atoms with E-state index in [-0.39, 0.29) is 16.9 Å². The fraction of sp³-hybridized carbons (Fsp3) is 0.733. The Labute approximate surface area is 134 Å². The molecule has 0 bridgehead atoms. The number of ether oxygens (including phenoxy) is 2. The minimum absolute atomic E-state index is 0.0513. The van der Waals surface area contributed by atoms with Crippen LogP contribution in [0, 0.1) is 6.92 Å². The van der Waals surface area contributed by atoms with E-state index in [4.69, 9.17) is 14.6 Å². The molecule has 1 aliphatic rings. The lowest BCUT2D eigenvalue weighted by atomic mass is 9.92. The first kappa shape index (κ1) is 17.2. The van der Waals surface area contributed by atoms with Crippen molar-refractivity contribution in [3.8, 4) is 5.88 Å². The van der Waals surface area contributed by atoms with Crippen molar-refractivity contribution in [2.75, 3.05) is 13.7 Å². The lowest BCUT2D eigenvalue weighted by Crippen LogP contribution is -2.42. The van der Waals surface area contributed by atoms with Gasteiger partial charge in [-0.25, -0.2) is 9.78 Å². The third-order valence-corrected chi connectivity index (χ3v) is 4.73. The van der Waals surface area contributed by atoms with Crippen molar-refractivity contribution >= 4 is 17.3 Å². The van der Waals surface area contributed by atoms with Crippen LogP contribution in [0.25, 0.3) is 0 Å². The number of nitrogens with one attached hydrogen (secondary N) is 1. The zero-order valence-corrected chi connectivity index (χ0v) is 14.1. The Balaban J connectivity index is 1.84. The van der Waals surface area contributed by atoms with Crippen molar-refractivity contribution < 1.29 is 19.4 Å². The van der Waals surface area contributed by atoms with E-state index < -0.39 is 5.97 Å². The SMILES string of the molecule is COC[C@@H](C)NC1CCC(Oc2nc(C)sc2C(=O)O)CC1. The molecule has 22 heavy (non-hydrogen) atoms. The van der Waals surface area contributed by atoms with Gasteiger partial charge < -0.3 is 19.9 Å². The van der Waals surface area contributed by atoms with E-state index in [1.807, 2.05) is 0 Å². The third kappa shape index (κ3) is 4.66. The summed E-state index contributed by atoms with van der Waals surface area (Å²) in [5, 5.41) is 13.4. The first-order valence-corrected chi connectivity index (χ1v) is 8.43. The van der Waals surface area contributed by atoms with Crippen LogP contribution in [0.4, 0.5) is 0 Å². The number of thiazole rings is 1. The van der Waals surface area contributed by atoms with Crippen molar-refractivity contribution in [2.24, 2.45) is 0 Å². The standard InChI is InChI=1S/C15H24N2O4S/c1-9(8-20-3)16-11-4-6-12(7-5-11)21-14-13(15(18)19)22-10(2)17-14/h9,11-12,16H,4-8H2,1-3H3,(H,18,19)/t9-,11?,12?/m1/s1. The molecule has 0 radical (unpaired) electrons. The molecule has 2 rings (SSSR count). The van der Waals surface area contributed by atoms with Gasteiger partial charge in [-0.1, -0.05) is 0 Å². The molecule has 2 N–H and O–H groups in total. The topological polar surface area (TPSA) is 80.7 Å². The molecule has 0 amide bonds. The largest absolute Gasteiger partial charge is 0.477 e. The summed E-state index contributed by atoms with van der Waals surface area (Å²) >= 11 is 1.16. The van der Waals surface area contributed by atoms with E-state index in [1.165, 1.54) is 0 Å². The molecule has 1 aromatic heterocycles. The number of nitrogens with zero attached hydrogens (tertiary/aromatic N) is 1. The van der Waals surface area contributed by atoms with E-state index >= 15 is 0 Å². The van der Waals surface area contributed by atoms with Gasteiger partial charge in [0.15, 0.2) is 4.88 Å². The molecule has 0 saturated heterocycles. The van der Waals surface area contributed by atoms with Gasteiger partial charge in [-0.15, -0.1) is 11.3 Å². The van der Waals surface area contributed by atoms with E-state index in [0.29, 0.717) is 18.7 Å². The first-order valence-electron chi connectivity index (χ1n) is 7.62. The van der Waals surface area contributed by atoms with Gasteiger partial charge in [0.2, 0.25) is 5.88 Å². The van der Waals surface area contributed by atoms with Crippen molar-refractivity contribution in [3.05, 3.63) is 9.88 Å². The number of aryl methyl sites for hydroxylation is 1. The van der Waals surface area contributed by atoms with Crippen LogP contribution in [0.2, 0.25) is 0 Å². The molecular weight excluding hydrogens is 304 g/mol. The van der Waals surface area contributed by atoms with Crippen molar-refractivity contribution in [1.82, 2.24) is 10.3 Å². The highest BCUT2D eigenvalue weighted by Gasteiger charge is 2.26. The summed E-state index contributed by atoms with van der Waals surface area (Å²) in [5.74, 6) is -0.691. The number of carboxylic acid groups (broad SMARTS) is 1. The molecule has 0 aliphatic heterocycles. The number of aromatic carboxylic acids is 1. The molecule has 0 spiro atoms. The molecule has 1 aromatic rings. The van der Waals surface area contributed by atoms with Crippen LogP contribution in [-0.4, -0.2) is 48.0 Å². The molecule has 1 saturated carbocycles. The van der Waals surface area contributed by atoms with Crippen molar-refractivity contribution in [3.63, 3.8) is 0 Å². The lowest BCUT2D eigenvalue weighted by Gasteiger charge is -2.31. The molecule has 124 valence electrons. The van der Waals surface area contributed by atoms with Crippen LogP contribution in [0.5, 0.6) is 5.88 Å². The number of carbonyl (C=O) groups is 1. The average Bonchev–Trinajstić information content (AvgIpc) is 2.82. The number of hydrogen-bond acceptors (Lipinski definition) is 6. The summed E-state index contributed by atoms with van der Waals surface area (Å²) in [7, 11) is 1.71. The average molecular weight is 328 g/mol. The molecule has 1 atom stereocenters. The van der Waals surface area contributed by atoms with Crippen LogP contribution >= 0.6 is 11.3 Å². The normalized spacial score (nSPS) is 23.2. The van der Waals surface area contributed by atoms with Gasteiger partial charge in [-0.2, -0.15) is 0 Å². The van der Waals surface area contributed by atoms with Crippen LogP contribution in [0.1, 0.15) is 47.3 Å². The first-order chi connectivity index (χ1) is 10.5. The molecule has 0 unspecified atom stereocenters. The summed E-state index contributed by atoms with van der Waals surface area (Å²) in [6, 6.07) is 0.813. The van der Waals surface area contributed by atoms with Crippen LogP contribution in [0.3, 0.4) is 0 Å². The van der Waals surface area contributed by atoms with Crippen LogP contribution in [-0.2, 0) is 4.74 Å². The van der Waals surface area contributed by atoms with Gasteiger partial charge in [-0.3, -0.25) is 0 Å². The molecule has 6 nitrogen and oxygen atoms in total. The minimum Gasteiger partial charge on any atom is -0.477 e. The summed E-state index contributed by atoms with van der Waals surface area (Å²) in [4.78, 5) is 15.6. The van der Waals surface area contributed by atoms with E-state index in [1.54, 1.807) is 14.0 Å². The Morgan fingerprint density at radius 3 is 2.73 bits per heavy atom. The highest BCUT2D eigenvalue weighted by atomic mass is 32.1. The van der Waals surface area contributed by atoms with Gasteiger partial charge in [0.05, 0.1) is 11.6 Å². The smallest absolute Gasteiger partial charge is 0.351 e. The van der Waals surface area contributed by atoms with Crippen molar-refractivity contribution in [2.45, 2.75) is 57.7 Å². The number of hydrogen-bond donors (Lipinski definition) is 2. The number of rotatable bonds is 7. The fourth-order valence-corrected chi connectivity index (χ4v) is 3.52. The molecule has 1 heterocycles. The molecule has 1 aliphatic carbocycles. The maximum atomic E-state index is 11.2. The van der Waals surface area contributed by atoms with Crippen molar-refractivity contribution in [1.29, 1.82) is 0 Å². The Bertz CT molecular complexity index is 498. The summed E-state index contributed by atoms with van der Waals surface area (Å²) in [5.41, 5.74) is 0. The maximum Gasteiger partial charge on any atom is 0.351 e. The van der Waals surface area contributed by atoms with Gasteiger partial charge in [0, 0.05) is 19.2 Å². The van der Waals surface area contributed by atoms with E-state index in [0.717, 1.165) is 42.0 Å². The number of methoxy groups -OCH3 is 1. The molecule has 1 fully saturated rings. The second kappa shape index (κ2) is 7.89. The highest BCUT2D eigenvalue weighted by molar-refractivity contribution is 7.13. The summed E-state index contributed by atoms with van der Waals surface area (Å²) in [6.07, 6.45) is 3.91. The number of aromatic nitrogens is 1. The van der Waals surface area contributed by atoms with Gasteiger partial charge in [-0.05, 0) is 39.5 Å². The van der Waals surface area contributed by atoms with Gasteiger partial charge >= 0.3 is 5.97 Å². The summed E-state index contributed by atoms with van der Waals surface area (Å²) in [6.45, 7) is 4.61. The fourth-order valence-electron chi connectivity index (χ4n) is 2.83. The second-order valence-corrected chi connectivity index (χ2v) is 6.99. The van der Waals surface area contributed by atoms with Crippen LogP contribution in [0.15, 0.2) is 0 Å². The number of carboxylic acids is 1. The van der Waals surface area contributed by atoms with E-state index in [2.05, 4.69) is 17.2 Å². The Kier molecular flexibility index (Phi) is 6.16. The monoisotopic (exact) mass is 328 g/mol.